The van der Waals surface area contributed by atoms with Crippen molar-refractivity contribution in [2.75, 3.05) is 31.6 Å². The maximum Gasteiger partial charge on any atom is 0.257 e. The SMILES string of the molecule is Cc1ccc2c(Nc3ccc4c(c3)OCCO4)c(C(=O)N3CCCCCC3)cnc2n1. The predicted molar refractivity (Wildman–Crippen MR) is 119 cm³/mol. The fourth-order valence-corrected chi connectivity index (χ4v) is 4.18. The zero-order chi connectivity index (χ0) is 21.2. The molecule has 5 rings (SSSR count). The van der Waals surface area contributed by atoms with Gasteiger partial charge in [-0.1, -0.05) is 12.8 Å². The Balaban J connectivity index is 1.57. The van der Waals surface area contributed by atoms with Crippen molar-refractivity contribution >= 4 is 28.3 Å². The number of carbonyl (C=O) groups excluding carboxylic acids is 1. The highest BCUT2D eigenvalue weighted by Crippen LogP contribution is 2.36. The van der Waals surface area contributed by atoms with Crippen molar-refractivity contribution in [3.63, 3.8) is 0 Å². The molecule has 4 heterocycles. The topological polar surface area (TPSA) is 76.6 Å². The third-order valence-electron chi connectivity index (χ3n) is 5.80. The second kappa shape index (κ2) is 8.41. The molecule has 0 spiro atoms. The van der Waals surface area contributed by atoms with Crippen molar-refractivity contribution in [2.24, 2.45) is 0 Å². The number of aryl methyl sites for hydroxylation is 1. The smallest absolute Gasteiger partial charge is 0.257 e. The summed E-state index contributed by atoms with van der Waals surface area (Å²) in [5, 5.41) is 4.28. The number of anilines is 2. The van der Waals surface area contributed by atoms with Gasteiger partial charge in [0.1, 0.15) is 13.2 Å². The molecule has 7 nitrogen and oxygen atoms in total. The van der Waals surface area contributed by atoms with Gasteiger partial charge in [-0.15, -0.1) is 0 Å². The van der Waals surface area contributed by atoms with Crippen LogP contribution in [-0.2, 0) is 0 Å². The molecule has 2 aliphatic rings. The molecule has 0 aliphatic carbocycles. The molecule has 1 aromatic carbocycles. The lowest BCUT2D eigenvalue weighted by molar-refractivity contribution is 0.0762. The third kappa shape index (κ3) is 4.00. The Morgan fingerprint density at radius 1 is 1.00 bits per heavy atom. The summed E-state index contributed by atoms with van der Waals surface area (Å²) in [6, 6.07) is 9.65. The third-order valence-corrected chi connectivity index (χ3v) is 5.80. The minimum Gasteiger partial charge on any atom is -0.486 e. The number of carbonyl (C=O) groups is 1. The summed E-state index contributed by atoms with van der Waals surface area (Å²) in [6.07, 6.45) is 6.08. The summed E-state index contributed by atoms with van der Waals surface area (Å²) in [5.41, 5.74) is 3.62. The quantitative estimate of drug-likeness (QED) is 0.676. The fraction of sp³-hybridized carbons (Fsp3) is 0.375. The number of likely N-dealkylation sites (tertiary alicyclic amines) is 1. The maximum atomic E-state index is 13.5. The van der Waals surface area contributed by atoms with E-state index in [-0.39, 0.29) is 5.91 Å². The maximum absolute atomic E-state index is 13.5. The van der Waals surface area contributed by atoms with Crippen LogP contribution in [0.5, 0.6) is 11.5 Å². The number of benzene rings is 1. The Morgan fingerprint density at radius 2 is 1.77 bits per heavy atom. The number of aromatic nitrogens is 2. The molecule has 1 N–H and O–H groups in total. The molecule has 0 bridgehead atoms. The molecule has 3 aromatic rings. The van der Waals surface area contributed by atoms with Crippen LogP contribution in [-0.4, -0.2) is 47.1 Å². The zero-order valence-corrected chi connectivity index (χ0v) is 17.7. The van der Waals surface area contributed by atoms with E-state index in [2.05, 4.69) is 15.3 Å². The van der Waals surface area contributed by atoms with Gasteiger partial charge in [-0.25, -0.2) is 9.97 Å². The van der Waals surface area contributed by atoms with E-state index < -0.39 is 0 Å². The number of hydrogen-bond donors (Lipinski definition) is 1. The van der Waals surface area contributed by atoms with Gasteiger partial charge in [0.05, 0.1) is 11.3 Å². The summed E-state index contributed by atoms with van der Waals surface area (Å²) in [5.74, 6) is 1.44. The van der Waals surface area contributed by atoms with Crippen LogP contribution in [0.4, 0.5) is 11.4 Å². The summed E-state index contributed by atoms with van der Waals surface area (Å²) >= 11 is 0. The Kier molecular flexibility index (Phi) is 5.32. The van der Waals surface area contributed by atoms with E-state index in [1.54, 1.807) is 6.20 Å². The first-order valence-electron chi connectivity index (χ1n) is 10.9. The normalized spacial score (nSPS) is 16.1. The molecule has 0 saturated carbocycles. The van der Waals surface area contributed by atoms with Crippen LogP contribution in [0.3, 0.4) is 0 Å². The van der Waals surface area contributed by atoms with E-state index in [9.17, 15) is 4.79 Å². The summed E-state index contributed by atoms with van der Waals surface area (Å²) in [4.78, 5) is 24.5. The monoisotopic (exact) mass is 418 g/mol. The van der Waals surface area contributed by atoms with Gasteiger partial charge in [0, 0.05) is 42.1 Å². The van der Waals surface area contributed by atoms with Crippen molar-refractivity contribution in [2.45, 2.75) is 32.6 Å². The van der Waals surface area contributed by atoms with Crippen molar-refractivity contribution in [3.05, 3.63) is 47.8 Å². The van der Waals surface area contributed by atoms with Gasteiger partial charge in [0.15, 0.2) is 17.1 Å². The van der Waals surface area contributed by atoms with Gasteiger partial charge in [-0.05, 0) is 44.0 Å². The van der Waals surface area contributed by atoms with E-state index in [0.29, 0.717) is 30.2 Å². The number of rotatable bonds is 3. The van der Waals surface area contributed by atoms with Gasteiger partial charge < -0.3 is 19.7 Å². The van der Waals surface area contributed by atoms with Crippen molar-refractivity contribution in [1.82, 2.24) is 14.9 Å². The van der Waals surface area contributed by atoms with Crippen LogP contribution in [0, 0.1) is 6.92 Å². The molecule has 0 unspecified atom stereocenters. The Bertz CT molecular complexity index is 1120. The predicted octanol–water partition coefficient (Wildman–Crippen LogP) is 4.47. The average Bonchev–Trinajstić information content (AvgIpc) is 3.08. The van der Waals surface area contributed by atoms with Gasteiger partial charge in [0.2, 0.25) is 0 Å². The number of ether oxygens (including phenoxy) is 2. The summed E-state index contributed by atoms with van der Waals surface area (Å²) in [6.45, 7) is 4.58. The van der Waals surface area contributed by atoms with Gasteiger partial charge >= 0.3 is 0 Å². The lowest BCUT2D eigenvalue weighted by Gasteiger charge is -2.23. The number of fused-ring (bicyclic) bond motifs is 2. The molecular formula is C24H26N4O3. The highest BCUT2D eigenvalue weighted by molar-refractivity contribution is 6.07. The largest absolute Gasteiger partial charge is 0.486 e. The second-order valence-electron chi connectivity index (χ2n) is 8.06. The summed E-state index contributed by atoms with van der Waals surface area (Å²) in [7, 11) is 0. The van der Waals surface area contributed by atoms with Crippen molar-refractivity contribution < 1.29 is 14.3 Å². The zero-order valence-electron chi connectivity index (χ0n) is 17.7. The average molecular weight is 418 g/mol. The number of amides is 1. The van der Waals surface area contributed by atoms with Crippen LogP contribution < -0.4 is 14.8 Å². The molecule has 0 atom stereocenters. The number of nitrogens with zero attached hydrogens (tertiary/aromatic N) is 3. The highest BCUT2D eigenvalue weighted by Gasteiger charge is 2.23. The lowest BCUT2D eigenvalue weighted by atomic mass is 10.1. The van der Waals surface area contributed by atoms with Crippen LogP contribution in [0.15, 0.2) is 36.5 Å². The van der Waals surface area contributed by atoms with Crippen LogP contribution >= 0.6 is 0 Å². The second-order valence-corrected chi connectivity index (χ2v) is 8.06. The van der Waals surface area contributed by atoms with E-state index >= 15 is 0 Å². The molecule has 2 aromatic heterocycles. The number of hydrogen-bond acceptors (Lipinski definition) is 6. The lowest BCUT2D eigenvalue weighted by Crippen LogP contribution is -2.32. The Morgan fingerprint density at radius 3 is 2.58 bits per heavy atom. The molecule has 1 fully saturated rings. The molecule has 2 aliphatic heterocycles. The van der Waals surface area contributed by atoms with Gasteiger partial charge in [-0.3, -0.25) is 4.79 Å². The highest BCUT2D eigenvalue weighted by atomic mass is 16.6. The van der Waals surface area contributed by atoms with E-state index in [0.717, 1.165) is 54.1 Å². The van der Waals surface area contributed by atoms with Crippen molar-refractivity contribution in [3.8, 4) is 11.5 Å². The standard InChI is InChI=1S/C24H26N4O3/c1-16-6-8-18-22(27-17-7-9-20-21(14-17)31-13-12-30-20)19(15-25-23(18)26-16)24(29)28-10-4-2-3-5-11-28/h6-9,14-15H,2-5,10-13H2,1H3,(H,25,26,27). The minimum atomic E-state index is 0.0110. The molecule has 1 saturated heterocycles. The first-order valence-corrected chi connectivity index (χ1v) is 10.9. The number of pyridine rings is 2. The van der Waals surface area contributed by atoms with Crippen LogP contribution in [0.2, 0.25) is 0 Å². The molecule has 31 heavy (non-hydrogen) atoms. The van der Waals surface area contributed by atoms with Crippen LogP contribution in [0.25, 0.3) is 11.0 Å². The van der Waals surface area contributed by atoms with E-state index in [1.165, 1.54) is 12.8 Å². The van der Waals surface area contributed by atoms with Gasteiger partial charge in [-0.2, -0.15) is 0 Å². The molecule has 7 heteroatoms. The summed E-state index contributed by atoms with van der Waals surface area (Å²) < 4.78 is 11.4. The Labute approximate surface area is 181 Å². The first-order chi connectivity index (χ1) is 15.2. The van der Waals surface area contributed by atoms with E-state index in [4.69, 9.17) is 9.47 Å². The molecule has 160 valence electrons. The van der Waals surface area contributed by atoms with Crippen molar-refractivity contribution in [1.29, 1.82) is 0 Å². The first kappa shape index (κ1) is 19.6. The Hall–Kier alpha value is -3.35. The fourth-order valence-electron chi connectivity index (χ4n) is 4.18. The number of nitrogens with one attached hydrogen (secondary N) is 1. The van der Waals surface area contributed by atoms with Gasteiger partial charge in [0.25, 0.3) is 5.91 Å². The molecule has 1 amide bonds. The molecule has 0 radical (unpaired) electrons. The van der Waals surface area contributed by atoms with Crippen LogP contribution in [0.1, 0.15) is 41.7 Å². The van der Waals surface area contributed by atoms with E-state index in [1.807, 2.05) is 42.2 Å². The molecular weight excluding hydrogens is 392 g/mol. The minimum absolute atomic E-state index is 0.0110.